The molecule has 2 heteroatoms. The van der Waals surface area contributed by atoms with Crippen molar-refractivity contribution in [3.8, 4) is 6.07 Å². The predicted molar refractivity (Wildman–Crippen MR) is 79.3 cm³/mol. The number of nitriles is 1. The van der Waals surface area contributed by atoms with Gasteiger partial charge in [-0.1, -0.05) is 31.2 Å². The molecule has 0 saturated carbocycles. The quantitative estimate of drug-likeness (QED) is 0.802. The summed E-state index contributed by atoms with van der Waals surface area (Å²) in [5.74, 6) is 0. The molecule has 0 aliphatic carbocycles. The van der Waals surface area contributed by atoms with Gasteiger partial charge in [-0.2, -0.15) is 5.26 Å². The second kappa shape index (κ2) is 4.93. The van der Waals surface area contributed by atoms with Crippen LogP contribution < -0.4 is 4.90 Å². The van der Waals surface area contributed by atoms with Crippen LogP contribution in [0.5, 0.6) is 0 Å². The average Bonchev–Trinajstić information content (AvgIpc) is 2.94. The minimum atomic E-state index is 0.649. The Morgan fingerprint density at radius 1 is 1.21 bits per heavy atom. The Bertz CT molecular complexity index is 639. The van der Waals surface area contributed by atoms with E-state index in [-0.39, 0.29) is 0 Å². The largest absolute Gasteiger partial charge is 0.368 e. The highest BCUT2D eigenvalue weighted by molar-refractivity contribution is 5.98. The second-order valence-corrected chi connectivity index (χ2v) is 5.19. The zero-order valence-electron chi connectivity index (χ0n) is 11.3. The molecule has 1 atom stereocenters. The molecule has 0 N–H and O–H groups in total. The van der Waals surface area contributed by atoms with E-state index in [1.54, 1.807) is 0 Å². The highest BCUT2D eigenvalue weighted by Crippen LogP contribution is 2.34. The van der Waals surface area contributed by atoms with E-state index in [0.29, 0.717) is 6.04 Å². The highest BCUT2D eigenvalue weighted by atomic mass is 15.2. The topological polar surface area (TPSA) is 27.0 Å². The van der Waals surface area contributed by atoms with E-state index in [1.807, 2.05) is 12.1 Å². The van der Waals surface area contributed by atoms with Crippen LogP contribution in [-0.2, 0) is 0 Å². The summed E-state index contributed by atoms with van der Waals surface area (Å²) >= 11 is 0. The summed E-state index contributed by atoms with van der Waals surface area (Å²) in [4.78, 5) is 2.52. The van der Waals surface area contributed by atoms with Crippen LogP contribution >= 0.6 is 0 Å². The maximum Gasteiger partial charge on any atom is 0.0998 e. The van der Waals surface area contributed by atoms with Gasteiger partial charge in [0.25, 0.3) is 0 Å². The maximum atomic E-state index is 9.23. The minimum Gasteiger partial charge on any atom is -0.368 e. The highest BCUT2D eigenvalue weighted by Gasteiger charge is 2.24. The van der Waals surface area contributed by atoms with Crippen LogP contribution in [0, 0.1) is 11.3 Å². The van der Waals surface area contributed by atoms with Crippen LogP contribution in [-0.4, -0.2) is 12.6 Å². The predicted octanol–water partition coefficient (Wildman–Crippen LogP) is 4.09. The molecule has 1 saturated heterocycles. The lowest BCUT2D eigenvalue weighted by Gasteiger charge is -2.27. The van der Waals surface area contributed by atoms with Crippen molar-refractivity contribution >= 4 is 16.5 Å². The van der Waals surface area contributed by atoms with Crippen molar-refractivity contribution in [1.29, 1.82) is 5.26 Å². The molecule has 0 spiro atoms. The summed E-state index contributed by atoms with van der Waals surface area (Å²) in [6, 6.07) is 15.3. The Kier molecular flexibility index (Phi) is 3.13. The lowest BCUT2D eigenvalue weighted by atomic mass is 10.0. The third kappa shape index (κ3) is 1.96. The van der Waals surface area contributed by atoms with E-state index < -0.39 is 0 Å². The van der Waals surface area contributed by atoms with E-state index >= 15 is 0 Å². The molecule has 0 aromatic heterocycles. The van der Waals surface area contributed by atoms with Crippen LogP contribution in [0.3, 0.4) is 0 Å². The molecule has 1 fully saturated rings. The lowest BCUT2D eigenvalue weighted by Crippen LogP contribution is -2.28. The summed E-state index contributed by atoms with van der Waals surface area (Å²) in [5.41, 5.74) is 2.06. The standard InChI is InChI=1S/C17H18N2/c1-2-14-6-5-11-19(14)17-10-9-13(12-18)15-7-3-4-8-16(15)17/h3-4,7-10,14H,2,5-6,11H2,1H3/t14-/m1/s1. The SMILES string of the molecule is CC[C@@H]1CCCN1c1ccc(C#N)c2ccccc12. The number of anilines is 1. The molecule has 0 radical (unpaired) electrons. The van der Waals surface area contributed by atoms with Crippen LogP contribution in [0.25, 0.3) is 10.8 Å². The Balaban J connectivity index is 2.17. The van der Waals surface area contributed by atoms with Crippen molar-refractivity contribution in [3.63, 3.8) is 0 Å². The van der Waals surface area contributed by atoms with Gasteiger partial charge in [0.2, 0.25) is 0 Å². The summed E-state index contributed by atoms with van der Waals surface area (Å²) in [6.45, 7) is 3.39. The molecule has 96 valence electrons. The van der Waals surface area contributed by atoms with Crippen LogP contribution in [0.15, 0.2) is 36.4 Å². The third-order valence-corrected chi connectivity index (χ3v) is 4.18. The first kappa shape index (κ1) is 12.0. The minimum absolute atomic E-state index is 0.649. The number of fused-ring (bicyclic) bond motifs is 1. The number of rotatable bonds is 2. The van der Waals surface area contributed by atoms with Crippen molar-refractivity contribution in [3.05, 3.63) is 42.0 Å². The zero-order chi connectivity index (χ0) is 13.2. The molecule has 2 aromatic rings. The Labute approximate surface area is 114 Å². The van der Waals surface area contributed by atoms with Gasteiger partial charge in [0.1, 0.15) is 0 Å². The first-order valence-corrected chi connectivity index (χ1v) is 7.03. The molecule has 19 heavy (non-hydrogen) atoms. The molecule has 1 heterocycles. The van der Waals surface area contributed by atoms with E-state index in [1.165, 1.54) is 30.3 Å². The Hall–Kier alpha value is -2.01. The van der Waals surface area contributed by atoms with Crippen molar-refractivity contribution in [2.24, 2.45) is 0 Å². The maximum absolute atomic E-state index is 9.23. The van der Waals surface area contributed by atoms with E-state index in [2.05, 4.69) is 42.2 Å². The molecule has 3 rings (SSSR count). The van der Waals surface area contributed by atoms with Crippen molar-refractivity contribution in [1.82, 2.24) is 0 Å². The van der Waals surface area contributed by atoms with Gasteiger partial charge in [0, 0.05) is 29.0 Å². The van der Waals surface area contributed by atoms with E-state index in [0.717, 1.165) is 17.5 Å². The summed E-state index contributed by atoms with van der Waals surface area (Å²) in [7, 11) is 0. The van der Waals surface area contributed by atoms with Gasteiger partial charge in [-0.3, -0.25) is 0 Å². The third-order valence-electron chi connectivity index (χ3n) is 4.18. The Morgan fingerprint density at radius 3 is 2.74 bits per heavy atom. The van der Waals surface area contributed by atoms with Crippen molar-refractivity contribution in [2.45, 2.75) is 32.2 Å². The van der Waals surface area contributed by atoms with Gasteiger partial charge >= 0.3 is 0 Å². The fourth-order valence-corrected chi connectivity index (χ4v) is 3.21. The van der Waals surface area contributed by atoms with E-state index in [4.69, 9.17) is 0 Å². The van der Waals surface area contributed by atoms with Gasteiger partial charge < -0.3 is 4.90 Å². The van der Waals surface area contributed by atoms with Crippen LogP contribution in [0.1, 0.15) is 31.7 Å². The first-order chi connectivity index (χ1) is 9.35. The zero-order valence-corrected chi connectivity index (χ0v) is 11.3. The Morgan fingerprint density at radius 2 is 2.00 bits per heavy atom. The number of benzene rings is 2. The molecule has 2 aromatic carbocycles. The molecule has 0 amide bonds. The summed E-state index contributed by atoms with van der Waals surface area (Å²) < 4.78 is 0. The normalized spacial score (nSPS) is 18.7. The van der Waals surface area contributed by atoms with Gasteiger partial charge in [-0.05, 0) is 31.4 Å². The van der Waals surface area contributed by atoms with Crippen LogP contribution in [0.4, 0.5) is 5.69 Å². The van der Waals surface area contributed by atoms with Gasteiger partial charge in [0.05, 0.1) is 11.6 Å². The summed E-state index contributed by atoms with van der Waals surface area (Å²) in [6.07, 6.45) is 3.74. The van der Waals surface area contributed by atoms with Gasteiger partial charge in [-0.15, -0.1) is 0 Å². The number of nitrogens with zero attached hydrogens (tertiary/aromatic N) is 2. The van der Waals surface area contributed by atoms with Crippen molar-refractivity contribution < 1.29 is 0 Å². The van der Waals surface area contributed by atoms with E-state index in [9.17, 15) is 5.26 Å². The number of hydrogen-bond acceptors (Lipinski definition) is 2. The first-order valence-electron chi connectivity index (χ1n) is 7.03. The molecular weight excluding hydrogens is 232 g/mol. The monoisotopic (exact) mass is 250 g/mol. The van der Waals surface area contributed by atoms with Crippen LogP contribution in [0.2, 0.25) is 0 Å². The van der Waals surface area contributed by atoms with Gasteiger partial charge in [0.15, 0.2) is 0 Å². The number of hydrogen-bond donors (Lipinski definition) is 0. The van der Waals surface area contributed by atoms with Gasteiger partial charge in [-0.25, -0.2) is 0 Å². The molecule has 0 unspecified atom stereocenters. The molecule has 0 bridgehead atoms. The molecule has 1 aliphatic heterocycles. The fraction of sp³-hybridized carbons (Fsp3) is 0.353. The smallest absolute Gasteiger partial charge is 0.0998 e. The summed E-state index contributed by atoms with van der Waals surface area (Å²) in [5, 5.41) is 11.5. The molecular formula is C17H18N2. The van der Waals surface area contributed by atoms with Crippen molar-refractivity contribution in [2.75, 3.05) is 11.4 Å². The fourth-order valence-electron chi connectivity index (χ4n) is 3.21. The molecule has 1 aliphatic rings. The lowest BCUT2D eigenvalue weighted by molar-refractivity contribution is 0.647. The molecule has 2 nitrogen and oxygen atoms in total. The second-order valence-electron chi connectivity index (χ2n) is 5.19. The average molecular weight is 250 g/mol.